The number of rotatable bonds is 17. The van der Waals surface area contributed by atoms with Gasteiger partial charge in [0.2, 0.25) is 11.9 Å². The number of nitrogens with two attached hydrogens (primary N) is 1. The van der Waals surface area contributed by atoms with Crippen LogP contribution in [0.25, 0.3) is 44.3 Å². The van der Waals surface area contributed by atoms with Crippen LogP contribution in [0.15, 0.2) is 144 Å². The average Bonchev–Trinajstić information content (AvgIpc) is 1.61. The van der Waals surface area contributed by atoms with Gasteiger partial charge < -0.3 is 37.1 Å². The summed E-state index contributed by atoms with van der Waals surface area (Å²) < 4.78 is 124. The molecule has 4 heterocycles. The van der Waals surface area contributed by atoms with Gasteiger partial charge in [0.1, 0.15) is 5.60 Å². The molecule has 10 rings (SSSR count). The number of amides is 3. The highest BCUT2D eigenvalue weighted by atomic mass is 35.5. The Bertz CT molecular complexity index is 4080. The van der Waals surface area contributed by atoms with Crippen molar-refractivity contribution in [1.29, 1.82) is 0 Å². The SMILES string of the molecule is C.CC(C)(C)OC(=O)NCC(F)(F)C(=O)N[C@H]1CCC[C@@H](Nc2ncc(Cl)c(-c3cn(S(=O)(=O)c4ccccc4)c4ccccc34)n2)C1.Cl.NCC(F)(F)C(=O)N[C@H]1CCC[C@@H](Nc2ncc(Cl)c(-c3cn(S(=O)(=O)c4ccccc4)c4ccccc34)n2)C1.[2H]CC. The monoisotopic (exact) mass is 1360 g/mol. The van der Waals surface area contributed by atoms with Crippen molar-refractivity contribution in [3.05, 3.63) is 144 Å². The number of nitrogens with one attached hydrogen (secondary N) is 5. The second-order valence-corrected chi connectivity index (χ2v) is 26.4. The number of benzene rings is 4. The number of hydrogen-bond acceptors (Lipinski definition) is 15. The Kier molecular flexibility index (Phi) is 23.9. The van der Waals surface area contributed by atoms with Gasteiger partial charge in [-0.2, -0.15) is 17.6 Å². The van der Waals surface area contributed by atoms with Crippen LogP contribution in [0.1, 0.15) is 94.8 Å². The van der Waals surface area contributed by atoms with Crippen LogP contribution in [0.3, 0.4) is 0 Å². The van der Waals surface area contributed by atoms with E-state index in [4.69, 9.17) is 35.0 Å². The van der Waals surface area contributed by atoms with E-state index in [1.807, 2.05) is 5.32 Å². The Balaban J connectivity index is 0.000000277. The van der Waals surface area contributed by atoms with Gasteiger partial charge in [-0.3, -0.25) is 9.59 Å². The smallest absolute Gasteiger partial charge is 0.407 e. The molecule has 0 unspecified atom stereocenters. The van der Waals surface area contributed by atoms with Crippen molar-refractivity contribution in [2.75, 3.05) is 23.7 Å². The lowest BCUT2D eigenvalue weighted by atomic mass is 9.91. The number of ether oxygens (including phenoxy) is 1. The van der Waals surface area contributed by atoms with Crippen LogP contribution in [-0.4, -0.2) is 117 Å². The van der Waals surface area contributed by atoms with Crippen LogP contribution in [0.5, 0.6) is 0 Å². The molecule has 8 aromatic rings. The fraction of sp³-hybridized carbons (Fsp3) is 0.371. The van der Waals surface area contributed by atoms with Gasteiger partial charge in [0.25, 0.3) is 31.9 Å². The predicted molar refractivity (Wildman–Crippen MR) is 348 cm³/mol. The molecule has 490 valence electrons. The first kappa shape index (κ1) is 70.8. The third kappa shape index (κ3) is 17.5. The Morgan fingerprint density at radius 2 is 1.01 bits per heavy atom. The van der Waals surface area contributed by atoms with Crippen molar-refractivity contribution in [1.82, 2.24) is 43.8 Å². The zero-order chi connectivity index (χ0) is 65.2. The maximum absolute atomic E-state index is 14.6. The molecule has 0 bridgehead atoms. The van der Waals surface area contributed by atoms with Gasteiger partial charge >= 0.3 is 17.9 Å². The van der Waals surface area contributed by atoms with E-state index < -0.39 is 80.6 Å². The van der Waals surface area contributed by atoms with Gasteiger partial charge in [-0.05, 0) is 109 Å². The number of halogens is 7. The molecule has 0 radical (unpaired) electrons. The first-order chi connectivity index (χ1) is 42.6. The number of carbonyl (C=O) groups is 3. The summed E-state index contributed by atoms with van der Waals surface area (Å²) in [7, 11) is -7.85. The minimum atomic E-state index is -3.94. The van der Waals surface area contributed by atoms with Crippen LogP contribution in [-0.2, 0) is 34.4 Å². The van der Waals surface area contributed by atoms with Crippen LogP contribution >= 0.6 is 35.6 Å². The second kappa shape index (κ2) is 30.7. The van der Waals surface area contributed by atoms with E-state index in [1.54, 1.807) is 113 Å². The molecule has 2 fully saturated rings. The summed E-state index contributed by atoms with van der Waals surface area (Å²) in [6, 6.07) is 28.7. The highest BCUT2D eigenvalue weighted by molar-refractivity contribution is 7.90. The topological polar surface area (TPSA) is 276 Å². The van der Waals surface area contributed by atoms with Gasteiger partial charge in [0, 0.05) is 59.8 Å². The van der Waals surface area contributed by atoms with Crippen molar-refractivity contribution in [2.45, 2.75) is 145 Å². The summed E-state index contributed by atoms with van der Waals surface area (Å²) >= 11 is 13.1. The minimum Gasteiger partial charge on any atom is -0.444 e. The Morgan fingerprint density at radius 3 is 1.41 bits per heavy atom. The normalized spacial score (nSPS) is 17.0. The van der Waals surface area contributed by atoms with E-state index in [0.717, 1.165) is 6.42 Å². The zero-order valence-electron chi connectivity index (χ0n) is 50.3. The quantitative estimate of drug-likeness (QED) is 0.0462. The third-order valence-electron chi connectivity index (χ3n) is 14.4. The molecule has 91 heavy (non-hydrogen) atoms. The molecule has 3 amide bonds. The first-order valence-electron chi connectivity index (χ1n) is 29.1. The summed E-state index contributed by atoms with van der Waals surface area (Å²) in [4.78, 5) is 54.2. The van der Waals surface area contributed by atoms with Crippen molar-refractivity contribution < 1.29 is 54.9 Å². The van der Waals surface area contributed by atoms with Crippen LogP contribution in [0, 0.1) is 0 Å². The summed E-state index contributed by atoms with van der Waals surface area (Å²) in [5.41, 5.74) is 6.68. The summed E-state index contributed by atoms with van der Waals surface area (Å²) in [6.45, 7) is 4.82. The van der Waals surface area contributed by atoms with Gasteiger partial charge in [-0.25, -0.2) is 49.5 Å². The predicted octanol–water partition coefficient (Wildman–Crippen LogP) is 12.5. The van der Waals surface area contributed by atoms with E-state index >= 15 is 0 Å². The molecular weight excluding hydrogens is 1290 g/mol. The highest BCUT2D eigenvalue weighted by Crippen LogP contribution is 2.38. The Morgan fingerprint density at radius 1 is 0.637 bits per heavy atom. The number of anilines is 2. The van der Waals surface area contributed by atoms with E-state index in [9.17, 15) is 48.8 Å². The molecular formula is C62H73Cl3F4N12O8S2. The number of para-hydroxylation sites is 2. The Labute approximate surface area is 543 Å². The van der Waals surface area contributed by atoms with E-state index in [1.165, 1.54) is 57.0 Å². The van der Waals surface area contributed by atoms with E-state index in [-0.39, 0.29) is 63.7 Å². The van der Waals surface area contributed by atoms with Crippen LogP contribution in [0.2, 0.25) is 10.0 Å². The van der Waals surface area contributed by atoms with Crippen molar-refractivity contribution in [3.63, 3.8) is 0 Å². The standard InChI is InChI=1S/C32H35ClF2N6O5S.C27H27ClF2N6O3S.C2H6.CH4.ClH/c1-31(2,3)46-30(43)37-19-32(34,35)28(42)38-20-10-9-11-21(16-20)39-29-36-17-25(33)27(40-29)24-18-41(26-15-8-7-14-23(24)26)47(44,45)22-12-5-4-6-13-22;28-22-14-32-26(34-18-8-6-7-17(13-18)33-25(37)27(29,30)16-31)35-24(22)21-15-36(23-12-5-4-11-20(21)23)40(38,39)19-9-2-1-3-10-19;1-2;;/h4-8,12-15,17-18,20-21H,9-11,16,19H2,1-3H3,(H,37,43)(H,38,42)(H,36,39,40);1-5,9-12,14-15,17-18H,6-8,13,16,31H2,(H,33,37)(H,32,34,35);1-2H3;1H4;1H/t20-,21+;17-,18+;;;/m00.../s1/i;;1D;;. The molecule has 4 atom stereocenters. The molecule has 2 aliphatic rings. The number of aromatic nitrogens is 6. The molecule has 7 N–H and O–H groups in total. The molecule has 0 spiro atoms. The van der Waals surface area contributed by atoms with Crippen molar-refractivity contribution >= 4 is 107 Å². The van der Waals surface area contributed by atoms with E-state index in [0.29, 0.717) is 96.2 Å². The maximum atomic E-state index is 14.6. The van der Waals surface area contributed by atoms with Crippen molar-refractivity contribution in [3.8, 4) is 22.5 Å². The molecule has 0 saturated heterocycles. The largest absolute Gasteiger partial charge is 0.444 e. The molecule has 2 saturated carbocycles. The maximum Gasteiger partial charge on any atom is 0.407 e. The molecule has 2 aliphatic carbocycles. The third-order valence-corrected chi connectivity index (χ3v) is 18.3. The van der Waals surface area contributed by atoms with Crippen molar-refractivity contribution in [2.24, 2.45) is 5.73 Å². The van der Waals surface area contributed by atoms with Gasteiger partial charge in [-0.15, -0.1) is 12.4 Å². The van der Waals surface area contributed by atoms with E-state index in [2.05, 4.69) is 41.2 Å². The molecule has 4 aromatic heterocycles. The molecule has 4 aromatic carbocycles. The van der Waals surface area contributed by atoms with Crippen LogP contribution < -0.4 is 32.3 Å². The average molecular weight is 1360 g/mol. The number of nitrogens with zero attached hydrogens (tertiary/aromatic N) is 6. The minimum absolute atomic E-state index is 0. The summed E-state index contributed by atoms with van der Waals surface area (Å²) in [5.74, 6) is -9.90. The zero-order valence-corrected chi connectivity index (χ0v) is 53.3. The lowest BCUT2D eigenvalue weighted by Crippen LogP contribution is -2.52. The lowest BCUT2D eigenvalue weighted by Gasteiger charge is -2.31. The number of fused-ring (bicyclic) bond motifs is 2. The molecule has 0 aliphatic heterocycles. The lowest BCUT2D eigenvalue weighted by molar-refractivity contribution is -0.146. The second-order valence-electron chi connectivity index (χ2n) is 22.0. The summed E-state index contributed by atoms with van der Waals surface area (Å²) in [5, 5.41) is 14.8. The first-order valence-corrected chi connectivity index (χ1v) is 32.0. The fourth-order valence-corrected chi connectivity index (χ4v) is 13.4. The molecule has 29 heteroatoms. The van der Waals surface area contributed by atoms with Gasteiger partial charge in [0.15, 0.2) is 0 Å². The number of alkyl carbamates (subject to hydrolysis) is 1. The Hall–Kier alpha value is -7.62. The number of hydrogen-bond donors (Lipinski definition) is 6. The van der Waals surface area contributed by atoms with Gasteiger partial charge in [-0.1, -0.05) is 117 Å². The van der Waals surface area contributed by atoms with Gasteiger partial charge in [0.05, 0.1) is 67.7 Å². The fourth-order valence-electron chi connectivity index (χ4n) is 10.3. The highest BCUT2D eigenvalue weighted by Gasteiger charge is 2.42. The number of carbonyl (C=O) groups excluding carboxylic acids is 3. The number of alkyl halides is 4. The summed E-state index contributed by atoms with van der Waals surface area (Å²) in [6.07, 6.45) is 9.24. The van der Waals surface area contributed by atoms with Crippen LogP contribution in [0.4, 0.5) is 34.3 Å². The molecule has 20 nitrogen and oxygen atoms in total.